The van der Waals surface area contributed by atoms with Gasteiger partial charge in [0, 0.05) is 23.8 Å². The van der Waals surface area contributed by atoms with Crippen molar-refractivity contribution in [1.29, 1.82) is 0 Å². The average molecular weight is 571 g/mol. The van der Waals surface area contributed by atoms with E-state index in [1.807, 2.05) is 44.2 Å². The molecule has 0 spiro atoms. The smallest absolute Gasteiger partial charge is 0.380 e. The molecule has 0 saturated carbocycles. The molecule has 0 aliphatic heterocycles. The minimum atomic E-state index is -4.64. The molecule has 0 fully saturated rings. The summed E-state index contributed by atoms with van der Waals surface area (Å²) in [6.07, 6.45) is -10.1. The zero-order valence-electron chi connectivity index (χ0n) is 21.9. The lowest BCUT2D eigenvalue weighted by molar-refractivity contribution is -0.156. The molecule has 1 amide bonds. The van der Waals surface area contributed by atoms with Crippen molar-refractivity contribution >= 4 is 17.9 Å². The van der Waals surface area contributed by atoms with Crippen LogP contribution in [0.5, 0.6) is 0 Å². The van der Waals surface area contributed by atoms with Crippen molar-refractivity contribution in [2.24, 2.45) is 5.92 Å². The Hall–Kier alpha value is -3.89. The molecular weight excluding hydrogens is 541 g/mol. The van der Waals surface area contributed by atoms with Crippen LogP contribution < -0.4 is 10.6 Å². The lowest BCUT2D eigenvalue weighted by Crippen LogP contribution is -2.41. The fraction of sp³-hybridized carbons (Fsp3) is 0.310. The molecule has 3 rings (SSSR count). The van der Waals surface area contributed by atoms with Crippen LogP contribution in [0.15, 0.2) is 72.8 Å². The molecule has 0 heterocycles. The topological polar surface area (TPSA) is 58.2 Å². The van der Waals surface area contributed by atoms with E-state index in [-0.39, 0.29) is 24.4 Å². The van der Waals surface area contributed by atoms with Gasteiger partial charge < -0.3 is 10.6 Å². The number of hydrogen-bond donors (Lipinski definition) is 2. The number of alkyl halides is 6. The van der Waals surface area contributed by atoms with E-state index in [9.17, 15) is 35.5 Å². The zero-order valence-corrected chi connectivity index (χ0v) is 21.9. The molecule has 0 aliphatic rings. The van der Waals surface area contributed by atoms with E-state index < -0.39 is 35.9 Å². The fourth-order valence-corrected chi connectivity index (χ4v) is 3.59. The molecule has 40 heavy (non-hydrogen) atoms. The predicted octanol–water partition coefficient (Wildman–Crippen LogP) is 7.62. The number of aldehydes is 1. The van der Waals surface area contributed by atoms with Crippen molar-refractivity contribution in [3.63, 3.8) is 0 Å². The van der Waals surface area contributed by atoms with E-state index >= 15 is 0 Å². The van der Waals surface area contributed by atoms with Crippen molar-refractivity contribution in [3.05, 3.63) is 89.7 Å². The third-order valence-corrected chi connectivity index (χ3v) is 5.97. The minimum Gasteiger partial charge on any atom is -0.380 e. The van der Waals surface area contributed by atoms with Gasteiger partial charge in [0.2, 0.25) is 12.2 Å². The van der Waals surface area contributed by atoms with E-state index in [0.717, 1.165) is 17.7 Å². The number of halogens is 7. The molecule has 0 bridgehead atoms. The molecule has 3 aromatic carbocycles. The number of carbonyl (C=O) groups is 2. The molecule has 1 unspecified atom stereocenters. The van der Waals surface area contributed by atoms with Crippen molar-refractivity contribution in [3.8, 4) is 11.1 Å². The highest BCUT2D eigenvalue weighted by Crippen LogP contribution is 2.30. The first-order valence-electron chi connectivity index (χ1n) is 12.2. The first-order valence-corrected chi connectivity index (χ1v) is 12.2. The van der Waals surface area contributed by atoms with Crippen molar-refractivity contribution < 1.29 is 40.3 Å². The summed E-state index contributed by atoms with van der Waals surface area (Å²) in [7, 11) is 0. The highest BCUT2D eigenvalue weighted by molar-refractivity contribution is 5.83. The summed E-state index contributed by atoms with van der Waals surface area (Å²) in [4.78, 5) is 21.5. The second-order valence-corrected chi connectivity index (χ2v) is 9.30. The Balaban J connectivity index is 0.000000840. The van der Waals surface area contributed by atoms with Crippen LogP contribution in [0.25, 0.3) is 11.1 Å². The number of anilines is 1. The second-order valence-electron chi connectivity index (χ2n) is 9.30. The monoisotopic (exact) mass is 570 g/mol. The van der Waals surface area contributed by atoms with Crippen LogP contribution >= 0.6 is 0 Å². The van der Waals surface area contributed by atoms with E-state index in [2.05, 4.69) is 10.6 Å². The molecule has 0 aromatic heterocycles. The van der Waals surface area contributed by atoms with Gasteiger partial charge in [0.05, 0.1) is 11.5 Å². The molecule has 2 atom stereocenters. The standard InChI is InChI=1S/C27H28F4N2O.C2HF3O/c1-17(2)25(33-22-12-10-21(11-13-22)27(29,30)31)16-32-26(34)18(3)20-9-14-23(24(28)15-20)19-7-5-4-6-8-19;3-2(4,5)1-6/h4-15,17-18,25,33H,16H2,1-3H3,(H,32,34);1H/t18?,25-;/m0./s1. The molecule has 4 nitrogen and oxygen atoms in total. The number of nitrogens with one attached hydrogen (secondary N) is 2. The van der Waals surface area contributed by atoms with Crippen LogP contribution in [0.2, 0.25) is 0 Å². The average Bonchev–Trinajstić information content (AvgIpc) is 2.90. The summed E-state index contributed by atoms with van der Waals surface area (Å²) in [5, 5.41) is 6.06. The highest BCUT2D eigenvalue weighted by Gasteiger charge is 2.30. The lowest BCUT2D eigenvalue weighted by Gasteiger charge is -2.25. The van der Waals surface area contributed by atoms with Crippen molar-refractivity contribution in [1.82, 2.24) is 5.32 Å². The Morgan fingerprint density at radius 1 is 0.875 bits per heavy atom. The van der Waals surface area contributed by atoms with E-state index in [4.69, 9.17) is 4.79 Å². The maximum Gasteiger partial charge on any atom is 0.446 e. The minimum absolute atomic E-state index is 0.0977. The van der Waals surface area contributed by atoms with Crippen LogP contribution in [0, 0.1) is 11.7 Å². The second kappa shape index (κ2) is 14.0. The molecule has 3 aromatic rings. The molecule has 2 N–H and O–H groups in total. The third-order valence-electron chi connectivity index (χ3n) is 5.97. The number of amides is 1. The van der Waals surface area contributed by atoms with Gasteiger partial charge in [0.15, 0.2) is 0 Å². The van der Waals surface area contributed by atoms with Gasteiger partial charge in [0.25, 0.3) is 0 Å². The van der Waals surface area contributed by atoms with Crippen LogP contribution in [0.3, 0.4) is 0 Å². The Morgan fingerprint density at radius 2 is 1.45 bits per heavy atom. The maximum atomic E-state index is 14.7. The Labute approximate surface area is 227 Å². The van der Waals surface area contributed by atoms with Gasteiger partial charge in [-0.1, -0.05) is 56.3 Å². The molecule has 0 aliphatic carbocycles. The van der Waals surface area contributed by atoms with Gasteiger partial charge in [0.1, 0.15) is 5.82 Å². The van der Waals surface area contributed by atoms with Gasteiger partial charge in [-0.05, 0) is 54.3 Å². The number of carbonyl (C=O) groups excluding carboxylic acids is 2. The summed E-state index contributed by atoms with van der Waals surface area (Å²) in [5.41, 5.74) is 1.61. The van der Waals surface area contributed by atoms with Crippen LogP contribution in [0.1, 0.15) is 37.8 Å². The first kappa shape index (κ1) is 32.3. The van der Waals surface area contributed by atoms with E-state index in [1.165, 1.54) is 18.2 Å². The third kappa shape index (κ3) is 10.0. The summed E-state index contributed by atoms with van der Waals surface area (Å²) in [5.74, 6) is -1.13. The van der Waals surface area contributed by atoms with Crippen LogP contribution in [0.4, 0.5) is 36.4 Å². The first-order chi connectivity index (χ1) is 18.6. The van der Waals surface area contributed by atoms with Gasteiger partial charge in [-0.2, -0.15) is 26.3 Å². The number of benzene rings is 3. The molecule has 0 radical (unpaired) electrons. The summed E-state index contributed by atoms with van der Waals surface area (Å²) in [6, 6.07) is 18.6. The Bertz CT molecular complexity index is 1240. The van der Waals surface area contributed by atoms with E-state index in [0.29, 0.717) is 16.8 Å². The highest BCUT2D eigenvalue weighted by atomic mass is 19.4. The van der Waals surface area contributed by atoms with Gasteiger partial charge in [-0.3, -0.25) is 9.59 Å². The van der Waals surface area contributed by atoms with Crippen molar-refractivity contribution in [2.45, 2.75) is 45.1 Å². The summed E-state index contributed by atoms with van der Waals surface area (Å²) < 4.78 is 84.3. The Kier molecular flexibility index (Phi) is 11.3. The zero-order chi connectivity index (χ0) is 30.1. The normalized spacial score (nSPS) is 13.1. The van der Waals surface area contributed by atoms with E-state index in [1.54, 1.807) is 19.1 Å². The van der Waals surface area contributed by atoms with Crippen LogP contribution in [-0.4, -0.2) is 31.0 Å². The molecular formula is C29H29F7N2O2. The fourth-order valence-electron chi connectivity index (χ4n) is 3.59. The largest absolute Gasteiger partial charge is 0.446 e. The van der Waals surface area contributed by atoms with Gasteiger partial charge >= 0.3 is 12.4 Å². The summed E-state index contributed by atoms with van der Waals surface area (Å²) >= 11 is 0. The van der Waals surface area contributed by atoms with Crippen molar-refractivity contribution in [2.75, 3.05) is 11.9 Å². The van der Waals surface area contributed by atoms with Gasteiger partial charge in [-0.15, -0.1) is 0 Å². The maximum absolute atomic E-state index is 14.7. The molecule has 11 heteroatoms. The predicted molar refractivity (Wildman–Crippen MR) is 139 cm³/mol. The lowest BCUT2D eigenvalue weighted by atomic mass is 9.96. The molecule has 216 valence electrons. The number of rotatable bonds is 8. The van der Waals surface area contributed by atoms with Crippen LogP contribution in [-0.2, 0) is 15.8 Å². The number of hydrogen-bond acceptors (Lipinski definition) is 3. The SMILES string of the molecule is CC(C(=O)NC[C@H](Nc1ccc(C(F)(F)F)cc1)C(C)C)c1ccc(-c2ccccc2)c(F)c1.O=CC(F)(F)F. The molecule has 0 saturated heterocycles. The Morgan fingerprint density at radius 3 is 1.93 bits per heavy atom. The summed E-state index contributed by atoms with van der Waals surface area (Å²) in [6.45, 7) is 5.89. The quantitative estimate of drug-likeness (QED) is 0.217. The van der Waals surface area contributed by atoms with Gasteiger partial charge in [-0.25, -0.2) is 4.39 Å².